The minimum absolute atomic E-state index is 0.182. The van der Waals surface area contributed by atoms with Crippen molar-refractivity contribution in [2.75, 3.05) is 13.1 Å². The van der Waals surface area contributed by atoms with Crippen LogP contribution in [0, 0.1) is 10.7 Å². The van der Waals surface area contributed by atoms with Gasteiger partial charge in [-0.25, -0.2) is 4.68 Å². The number of piperidine rings is 1. The number of aliphatic hydroxyl groups is 1. The third-order valence-corrected chi connectivity index (χ3v) is 5.36. The van der Waals surface area contributed by atoms with Crippen LogP contribution in [0.15, 0.2) is 0 Å². The molecule has 1 N–H and O–H groups in total. The van der Waals surface area contributed by atoms with Gasteiger partial charge in [0.1, 0.15) is 5.82 Å². The second kappa shape index (κ2) is 6.58. The van der Waals surface area contributed by atoms with E-state index in [0.29, 0.717) is 5.92 Å². The van der Waals surface area contributed by atoms with Gasteiger partial charge in [-0.1, -0.05) is 6.42 Å². The Hall–Kier alpha value is -0.720. The van der Waals surface area contributed by atoms with Gasteiger partial charge >= 0.3 is 0 Å². The molecule has 1 unspecified atom stereocenters. The summed E-state index contributed by atoms with van der Waals surface area (Å²) in [5, 5.41) is 14.4. The lowest BCUT2D eigenvalue weighted by Crippen LogP contribution is -2.38. The Labute approximate surface area is 131 Å². The van der Waals surface area contributed by atoms with Gasteiger partial charge in [0, 0.05) is 26.1 Å². The SMILES string of the molecule is CC(O)C1CCN(Cn2nc3n(c2=S)CCCCC3)CC1. The zero-order chi connectivity index (χ0) is 14.8. The van der Waals surface area contributed by atoms with Crippen molar-refractivity contribution in [1.29, 1.82) is 0 Å². The fourth-order valence-corrected chi connectivity index (χ4v) is 3.78. The second-order valence-electron chi connectivity index (χ2n) is 6.50. The Balaban J connectivity index is 1.65. The standard InChI is InChI=1S/C15H26N4OS/c1-12(20)13-6-9-17(10-7-13)11-19-15(21)18-8-4-2-3-5-14(18)16-19/h12-13,20H,2-11H2,1H3. The Morgan fingerprint density at radius 1 is 1.24 bits per heavy atom. The van der Waals surface area contributed by atoms with E-state index in [1.54, 1.807) is 0 Å². The van der Waals surface area contributed by atoms with Crippen LogP contribution >= 0.6 is 12.2 Å². The van der Waals surface area contributed by atoms with Crippen LogP contribution in [0.3, 0.4) is 0 Å². The molecule has 1 aromatic rings. The number of fused-ring (bicyclic) bond motifs is 1. The molecule has 0 saturated carbocycles. The predicted molar refractivity (Wildman–Crippen MR) is 84.6 cm³/mol. The Kier molecular flexibility index (Phi) is 4.76. The summed E-state index contributed by atoms with van der Waals surface area (Å²) in [6, 6.07) is 0. The fraction of sp³-hybridized carbons (Fsp3) is 0.867. The van der Waals surface area contributed by atoms with E-state index in [-0.39, 0.29) is 6.10 Å². The van der Waals surface area contributed by atoms with E-state index in [1.165, 1.54) is 19.3 Å². The molecular formula is C15H26N4OS. The van der Waals surface area contributed by atoms with Crippen molar-refractivity contribution in [1.82, 2.24) is 19.2 Å². The summed E-state index contributed by atoms with van der Waals surface area (Å²) in [6.45, 7) is 5.78. The summed E-state index contributed by atoms with van der Waals surface area (Å²) in [6.07, 6.45) is 6.74. The van der Waals surface area contributed by atoms with Gasteiger partial charge in [0.15, 0.2) is 4.77 Å². The molecule has 1 atom stereocenters. The average molecular weight is 310 g/mol. The lowest BCUT2D eigenvalue weighted by Gasteiger charge is -2.32. The molecule has 5 nitrogen and oxygen atoms in total. The molecular weight excluding hydrogens is 284 g/mol. The highest BCUT2D eigenvalue weighted by atomic mass is 32.1. The number of rotatable bonds is 3. The molecule has 0 bridgehead atoms. The summed E-state index contributed by atoms with van der Waals surface area (Å²) in [5.41, 5.74) is 0. The van der Waals surface area contributed by atoms with E-state index in [4.69, 9.17) is 17.3 Å². The molecule has 2 aliphatic heterocycles. The van der Waals surface area contributed by atoms with Crippen LogP contribution in [0.5, 0.6) is 0 Å². The van der Waals surface area contributed by atoms with Gasteiger partial charge in [-0.15, -0.1) is 0 Å². The number of hydrogen-bond donors (Lipinski definition) is 1. The number of hydrogen-bond acceptors (Lipinski definition) is 4. The Bertz CT molecular complexity index is 528. The van der Waals surface area contributed by atoms with Gasteiger partial charge in [-0.2, -0.15) is 5.10 Å². The molecule has 0 aliphatic carbocycles. The van der Waals surface area contributed by atoms with E-state index in [2.05, 4.69) is 9.47 Å². The molecule has 1 saturated heterocycles. The zero-order valence-corrected chi connectivity index (χ0v) is 13.7. The molecule has 0 radical (unpaired) electrons. The van der Waals surface area contributed by atoms with Crippen molar-refractivity contribution in [2.24, 2.45) is 5.92 Å². The molecule has 1 aromatic heterocycles. The van der Waals surface area contributed by atoms with Crippen LogP contribution in [-0.4, -0.2) is 43.5 Å². The van der Waals surface area contributed by atoms with Crippen molar-refractivity contribution in [3.8, 4) is 0 Å². The molecule has 2 aliphatic rings. The summed E-state index contributed by atoms with van der Waals surface area (Å²) in [7, 11) is 0. The van der Waals surface area contributed by atoms with Gasteiger partial charge in [0.05, 0.1) is 12.8 Å². The predicted octanol–water partition coefficient (Wildman–Crippen LogP) is 2.19. The number of aliphatic hydroxyl groups excluding tert-OH is 1. The Morgan fingerprint density at radius 2 is 2.00 bits per heavy atom. The quantitative estimate of drug-likeness (QED) is 0.869. The minimum Gasteiger partial charge on any atom is -0.393 e. The van der Waals surface area contributed by atoms with Crippen LogP contribution < -0.4 is 0 Å². The molecule has 3 heterocycles. The first-order chi connectivity index (χ1) is 10.1. The van der Waals surface area contributed by atoms with E-state index in [1.807, 2.05) is 11.6 Å². The van der Waals surface area contributed by atoms with E-state index in [0.717, 1.165) is 56.2 Å². The number of aromatic nitrogens is 3. The van der Waals surface area contributed by atoms with Gasteiger partial charge in [0.25, 0.3) is 0 Å². The number of aryl methyl sites for hydroxylation is 1. The summed E-state index contributed by atoms with van der Waals surface area (Å²) in [4.78, 5) is 2.40. The van der Waals surface area contributed by atoms with Gasteiger partial charge in [0.2, 0.25) is 0 Å². The van der Waals surface area contributed by atoms with Crippen LogP contribution in [0.4, 0.5) is 0 Å². The van der Waals surface area contributed by atoms with Crippen LogP contribution in [0.25, 0.3) is 0 Å². The summed E-state index contributed by atoms with van der Waals surface area (Å²) >= 11 is 5.60. The average Bonchev–Trinajstić information content (AvgIpc) is 2.66. The van der Waals surface area contributed by atoms with E-state index in [9.17, 15) is 5.11 Å². The lowest BCUT2D eigenvalue weighted by atomic mass is 9.92. The molecule has 1 fully saturated rings. The van der Waals surface area contributed by atoms with Crippen molar-refractivity contribution >= 4 is 12.2 Å². The molecule has 0 aromatic carbocycles. The maximum Gasteiger partial charge on any atom is 0.199 e. The molecule has 21 heavy (non-hydrogen) atoms. The third kappa shape index (κ3) is 3.38. The highest BCUT2D eigenvalue weighted by molar-refractivity contribution is 7.71. The topological polar surface area (TPSA) is 46.2 Å². The normalized spacial score (nSPS) is 22.8. The van der Waals surface area contributed by atoms with Crippen molar-refractivity contribution in [3.05, 3.63) is 10.6 Å². The first-order valence-electron chi connectivity index (χ1n) is 8.22. The smallest absolute Gasteiger partial charge is 0.199 e. The second-order valence-corrected chi connectivity index (χ2v) is 6.86. The van der Waals surface area contributed by atoms with Crippen molar-refractivity contribution in [3.63, 3.8) is 0 Å². The monoisotopic (exact) mass is 310 g/mol. The van der Waals surface area contributed by atoms with Crippen LogP contribution in [0.1, 0.15) is 44.9 Å². The molecule has 0 amide bonds. The molecule has 0 spiro atoms. The fourth-order valence-electron chi connectivity index (χ4n) is 3.48. The highest BCUT2D eigenvalue weighted by Gasteiger charge is 2.23. The maximum absolute atomic E-state index is 9.68. The largest absolute Gasteiger partial charge is 0.393 e. The zero-order valence-electron chi connectivity index (χ0n) is 12.9. The van der Waals surface area contributed by atoms with Crippen molar-refractivity contribution in [2.45, 2.75) is 64.8 Å². The first-order valence-corrected chi connectivity index (χ1v) is 8.63. The minimum atomic E-state index is -0.182. The van der Waals surface area contributed by atoms with E-state index >= 15 is 0 Å². The first kappa shape index (κ1) is 15.2. The molecule has 118 valence electrons. The Morgan fingerprint density at radius 3 is 2.71 bits per heavy atom. The number of likely N-dealkylation sites (tertiary alicyclic amines) is 1. The third-order valence-electron chi connectivity index (χ3n) is 4.93. The van der Waals surface area contributed by atoms with Crippen molar-refractivity contribution < 1.29 is 5.11 Å². The van der Waals surface area contributed by atoms with Gasteiger partial charge in [-0.05, 0) is 50.7 Å². The maximum atomic E-state index is 9.68. The van der Waals surface area contributed by atoms with Crippen LogP contribution in [-0.2, 0) is 19.6 Å². The van der Waals surface area contributed by atoms with Crippen LogP contribution in [0.2, 0.25) is 0 Å². The summed E-state index contributed by atoms with van der Waals surface area (Å²) < 4.78 is 5.10. The highest BCUT2D eigenvalue weighted by Crippen LogP contribution is 2.21. The molecule has 6 heteroatoms. The van der Waals surface area contributed by atoms with Gasteiger partial charge < -0.3 is 9.67 Å². The number of nitrogens with zero attached hydrogens (tertiary/aromatic N) is 4. The van der Waals surface area contributed by atoms with Gasteiger partial charge in [-0.3, -0.25) is 4.90 Å². The summed E-state index contributed by atoms with van der Waals surface area (Å²) in [5.74, 6) is 1.62. The molecule has 3 rings (SSSR count). The van der Waals surface area contributed by atoms with E-state index < -0.39 is 0 Å². The lowest BCUT2D eigenvalue weighted by molar-refractivity contribution is 0.0591.